The van der Waals surface area contributed by atoms with Crippen LogP contribution in [0.2, 0.25) is 0 Å². The van der Waals surface area contributed by atoms with E-state index in [-0.39, 0.29) is 12.8 Å². The van der Waals surface area contributed by atoms with Crippen LogP contribution in [-0.2, 0) is 9.59 Å². The molecule has 12 heavy (non-hydrogen) atoms. The van der Waals surface area contributed by atoms with Crippen LogP contribution in [0.25, 0.3) is 0 Å². The van der Waals surface area contributed by atoms with Crippen molar-refractivity contribution in [3.8, 4) is 0 Å². The summed E-state index contributed by atoms with van der Waals surface area (Å²) in [7, 11) is 0. The van der Waals surface area contributed by atoms with Gasteiger partial charge in [0.05, 0.1) is 6.42 Å². The molecule has 0 aromatic rings. The third-order valence-electron chi connectivity index (χ3n) is 1.25. The molecule has 0 fully saturated rings. The summed E-state index contributed by atoms with van der Waals surface area (Å²) >= 11 is 3.88. The molecular weight excluding hydrogens is 182 g/mol. The van der Waals surface area contributed by atoms with Crippen LogP contribution in [0.4, 0.5) is 0 Å². The minimum atomic E-state index is -1.14. The van der Waals surface area contributed by atoms with Crippen LogP contribution in [-0.4, -0.2) is 33.4 Å². The highest BCUT2D eigenvalue weighted by Crippen LogP contribution is 2.08. The Balaban J connectivity index is 3.76. The lowest BCUT2D eigenvalue weighted by atomic mass is 10.1. The number of carboxylic acid groups (broad SMARTS) is 2. The number of hydrogen-bond donors (Lipinski definition) is 4. The average molecular weight is 193 g/mol. The molecule has 0 rings (SSSR count). The van der Waals surface area contributed by atoms with E-state index in [1.165, 1.54) is 0 Å². The highest BCUT2D eigenvalue weighted by molar-refractivity contribution is 7.81. The number of carboxylic acids is 2. The monoisotopic (exact) mass is 193 g/mol. The van der Waals surface area contributed by atoms with Crippen molar-refractivity contribution in [2.45, 2.75) is 24.1 Å². The largest absolute Gasteiger partial charge is 0.481 e. The van der Waals surface area contributed by atoms with E-state index < -0.39 is 23.2 Å². The lowest BCUT2D eigenvalue weighted by Crippen LogP contribution is -2.33. The first-order chi connectivity index (χ1) is 5.43. The molecule has 0 aliphatic heterocycles. The summed E-state index contributed by atoms with van der Waals surface area (Å²) in [5, 5.41) is 16.2. The van der Waals surface area contributed by atoms with Crippen LogP contribution in [0.5, 0.6) is 0 Å². The van der Waals surface area contributed by atoms with E-state index in [0.717, 1.165) is 0 Å². The Morgan fingerprint density at radius 2 is 1.92 bits per heavy atom. The van der Waals surface area contributed by atoms with Crippen molar-refractivity contribution in [1.82, 2.24) is 0 Å². The van der Waals surface area contributed by atoms with Gasteiger partial charge in [-0.15, -0.1) is 0 Å². The third kappa shape index (κ3) is 4.97. The van der Waals surface area contributed by atoms with Crippen LogP contribution < -0.4 is 5.73 Å². The van der Waals surface area contributed by atoms with Crippen molar-refractivity contribution >= 4 is 24.6 Å². The Morgan fingerprint density at radius 1 is 1.42 bits per heavy atom. The van der Waals surface area contributed by atoms with Gasteiger partial charge < -0.3 is 15.9 Å². The first-order valence-electron chi connectivity index (χ1n) is 3.31. The topological polar surface area (TPSA) is 101 Å². The van der Waals surface area contributed by atoms with E-state index in [0.29, 0.717) is 0 Å². The van der Waals surface area contributed by atoms with Gasteiger partial charge in [-0.3, -0.25) is 9.59 Å². The van der Waals surface area contributed by atoms with Gasteiger partial charge in [-0.25, -0.2) is 0 Å². The van der Waals surface area contributed by atoms with Crippen molar-refractivity contribution in [1.29, 1.82) is 0 Å². The van der Waals surface area contributed by atoms with Gasteiger partial charge in [0.1, 0.15) is 6.04 Å². The van der Waals surface area contributed by atoms with Gasteiger partial charge >= 0.3 is 11.9 Å². The first kappa shape index (κ1) is 11.2. The van der Waals surface area contributed by atoms with Gasteiger partial charge in [-0.2, -0.15) is 12.6 Å². The zero-order valence-electron chi connectivity index (χ0n) is 6.30. The summed E-state index contributed by atoms with van der Waals surface area (Å²) in [6, 6.07) is -1.04. The standard InChI is InChI=1S/C6H11NO4S/c7-4(6(10)11)1-3(12)2-5(8)9/h3-4,12H,1-2,7H2,(H,8,9)(H,10,11). The number of rotatable bonds is 5. The van der Waals surface area contributed by atoms with Crippen molar-refractivity contribution < 1.29 is 19.8 Å². The molecule has 0 aliphatic rings. The van der Waals surface area contributed by atoms with Gasteiger partial charge in [0.2, 0.25) is 0 Å². The van der Waals surface area contributed by atoms with Crippen molar-refractivity contribution in [3.63, 3.8) is 0 Å². The highest BCUT2D eigenvalue weighted by atomic mass is 32.1. The summed E-state index contributed by atoms with van der Waals surface area (Å²) in [4.78, 5) is 20.3. The molecule has 0 saturated heterocycles. The zero-order chi connectivity index (χ0) is 9.72. The Labute approximate surface area is 75.0 Å². The molecule has 0 amide bonds. The Hall–Kier alpha value is -0.750. The molecule has 6 heteroatoms. The van der Waals surface area contributed by atoms with E-state index >= 15 is 0 Å². The van der Waals surface area contributed by atoms with Gasteiger partial charge in [-0.05, 0) is 6.42 Å². The minimum absolute atomic E-state index is 0.0603. The lowest BCUT2D eigenvalue weighted by molar-refractivity contribution is -0.140. The number of hydrogen-bond acceptors (Lipinski definition) is 4. The van der Waals surface area contributed by atoms with Crippen molar-refractivity contribution in [2.24, 2.45) is 5.73 Å². The maximum absolute atomic E-state index is 10.2. The molecule has 2 atom stereocenters. The molecule has 0 aliphatic carbocycles. The molecule has 0 aromatic heterocycles. The second-order valence-electron chi connectivity index (χ2n) is 2.43. The number of carbonyl (C=O) groups is 2. The van der Waals surface area contributed by atoms with Crippen molar-refractivity contribution in [3.05, 3.63) is 0 Å². The fraction of sp³-hybridized carbons (Fsp3) is 0.667. The van der Waals surface area contributed by atoms with E-state index in [9.17, 15) is 9.59 Å². The molecule has 0 heterocycles. The van der Waals surface area contributed by atoms with Crippen LogP contribution in [0.15, 0.2) is 0 Å². The molecule has 4 N–H and O–H groups in total. The molecule has 5 nitrogen and oxygen atoms in total. The fourth-order valence-electron chi connectivity index (χ4n) is 0.679. The molecule has 0 radical (unpaired) electrons. The van der Waals surface area contributed by atoms with E-state index in [4.69, 9.17) is 15.9 Å². The number of nitrogens with two attached hydrogens (primary N) is 1. The predicted octanol–water partition coefficient (Wildman–Crippen LogP) is -0.439. The smallest absolute Gasteiger partial charge is 0.320 e. The minimum Gasteiger partial charge on any atom is -0.481 e. The Kier molecular flexibility index (Phi) is 4.68. The van der Waals surface area contributed by atoms with Gasteiger partial charge in [0.25, 0.3) is 0 Å². The molecule has 70 valence electrons. The molecule has 0 bridgehead atoms. The summed E-state index contributed by atoms with van der Waals surface area (Å²) in [6.07, 6.45) is -0.116. The van der Waals surface area contributed by atoms with Gasteiger partial charge in [0.15, 0.2) is 0 Å². The van der Waals surface area contributed by atoms with Gasteiger partial charge in [0, 0.05) is 5.25 Å². The van der Waals surface area contributed by atoms with Crippen LogP contribution >= 0.6 is 12.6 Å². The fourth-order valence-corrected chi connectivity index (χ4v) is 1.06. The van der Waals surface area contributed by atoms with E-state index in [1.54, 1.807) is 0 Å². The van der Waals surface area contributed by atoms with E-state index in [1.807, 2.05) is 0 Å². The average Bonchev–Trinajstić information content (AvgIpc) is 1.84. The first-order valence-corrected chi connectivity index (χ1v) is 3.83. The second-order valence-corrected chi connectivity index (χ2v) is 3.16. The van der Waals surface area contributed by atoms with Gasteiger partial charge in [-0.1, -0.05) is 0 Å². The third-order valence-corrected chi connectivity index (χ3v) is 1.65. The Morgan fingerprint density at radius 3 is 2.25 bits per heavy atom. The summed E-state index contributed by atoms with van der Waals surface area (Å²) in [6.45, 7) is 0. The van der Waals surface area contributed by atoms with E-state index in [2.05, 4.69) is 12.6 Å². The molecule has 0 aromatic carbocycles. The Bertz CT molecular complexity index is 184. The summed E-state index contributed by atoms with van der Waals surface area (Å²) in [5.74, 6) is -2.15. The normalized spacial score (nSPS) is 15.2. The van der Waals surface area contributed by atoms with Crippen LogP contribution in [0, 0.1) is 0 Å². The maximum atomic E-state index is 10.2. The number of aliphatic carboxylic acids is 2. The summed E-state index contributed by atoms with van der Waals surface area (Å²) in [5.41, 5.74) is 5.15. The predicted molar refractivity (Wildman–Crippen MR) is 45.3 cm³/mol. The van der Waals surface area contributed by atoms with Crippen LogP contribution in [0.1, 0.15) is 12.8 Å². The summed E-state index contributed by atoms with van der Waals surface area (Å²) < 4.78 is 0. The quantitative estimate of drug-likeness (QED) is 0.443. The number of thiol groups is 1. The van der Waals surface area contributed by atoms with Crippen LogP contribution in [0.3, 0.4) is 0 Å². The molecule has 0 saturated carbocycles. The zero-order valence-corrected chi connectivity index (χ0v) is 7.20. The molecule has 0 spiro atoms. The maximum Gasteiger partial charge on any atom is 0.320 e. The van der Waals surface area contributed by atoms with Crippen molar-refractivity contribution in [2.75, 3.05) is 0 Å². The SMILES string of the molecule is NC(CC(S)CC(=O)O)C(=O)O. The lowest BCUT2D eigenvalue weighted by Gasteiger charge is -2.10. The molecule has 2 unspecified atom stereocenters. The molecular formula is C6H11NO4S. The second kappa shape index (κ2) is 5.00. The highest BCUT2D eigenvalue weighted by Gasteiger charge is 2.17.